The number of fused-ring (bicyclic) bond motifs is 5. The Morgan fingerprint density at radius 3 is 2.69 bits per heavy atom. The first-order valence-electron chi connectivity index (χ1n) is 8.59. The molecule has 2 atom stereocenters. The minimum atomic E-state index is -5.08. The molecule has 0 saturated carbocycles. The summed E-state index contributed by atoms with van der Waals surface area (Å²) < 4.78 is 37.7. The Labute approximate surface area is 166 Å². The monoisotopic (exact) mass is 429 g/mol. The first-order chi connectivity index (χ1) is 13.6. The maximum absolute atomic E-state index is 10.6. The van der Waals surface area contributed by atoms with Crippen LogP contribution in [0.4, 0.5) is 24.9 Å². The van der Waals surface area contributed by atoms with Gasteiger partial charge in [0.1, 0.15) is 11.1 Å². The molecule has 2 aliphatic rings. The second-order valence-corrected chi connectivity index (χ2v) is 7.16. The SMILES string of the molecule is Nc1nc(N2CC3CC2CN3)c2oc3cccc(Cl)c3c2n1.O=C(O)C(F)(F)F. The van der Waals surface area contributed by atoms with Gasteiger partial charge in [0.2, 0.25) is 5.95 Å². The van der Waals surface area contributed by atoms with Gasteiger partial charge >= 0.3 is 12.1 Å². The van der Waals surface area contributed by atoms with E-state index in [-0.39, 0.29) is 5.95 Å². The Hall–Kier alpha value is -2.79. The Morgan fingerprint density at radius 1 is 1.38 bits per heavy atom. The van der Waals surface area contributed by atoms with Crippen LogP contribution >= 0.6 is 11.6 Å². The van der Waals surface area contributed by atoms with E-state index >= 15 is 0 Å². The lowest BCUT2D eigenvalue weighted by atomic mass is 10.2. The molecule has 12 heteroatoms. The van der Waals surface area contributed by atoms with Crippen LogP contribution in [0.3, 0.4) is 0 Å². The number of aliphatic carboxylic acids is 1. The van der Waals surface area contributed by atoms with Gasteiger partial charge in [-0.3, -0.25) is 0 Å². The molecule has 0 aliphatic carbocycles. The molecule has 4 N–H and O–H groups in total. The molecule has 29 heavy (non-hydrogen) atoms. The van der Waals surface area contributed by atoms with Crippen LogP contribution in [-0.4, -0.2) is 52.4 Å². The lowest BCUT2D eigenvalue weighted by molar-refractivity contribution is -0.192. The van der Waals surface area contributed by atoms with Gasteiger partial charge in [0.05, 0.1) is 10.4 Å². The Bertz CT molecular complexity index is 1100. The number of hydrogen-bond acceptors (Lipinski definition) is 7. The molecule has 1 aromatic carbocycles. The number of anilines is 2. The Balaban J connectivity index is 0.000000255. The molecule has 2 fully saturated rings. The highest BCUT2D eigenvalue weighted by molar-refractivity contribution is 6.37. The molecular formula is C17H15ClF3N5O3. The summed E-state index contributed by atoms with van der Waals surface area (Å²) >= 11 is 6.32. The lowest BCUT2D eigenvalue weighted by Crippen LogP contribution is -2.44. The zero-order valence-electron chi connectivity index (χ0n) is 14.7. The maximum Gasteiger partial charge on any atom is 0.490 e. The molecule has 2 unspecified atom stereocenters. The van der Waals surface area contributed by atoms with Gasteiger partial charge in [0, 0.05) is 25.2 Å². The normalized spacial score (nSPS) is 20.9. The van der Waals surface area contributed by atoms with E-state index in [4.69, 9.17) is 31.7 Å². The summed E-state index contributed by atoms with van der Waals surface area (Å²) in [6.07, 6.45) is -3.95. The molecule has 2 saturated heterocycles. The number of nitrogens with one attached hydrogen (secondary N) is 1. The van der Waals surface area contributed by atoms with Crippen molar-refractivity contribution in [1.29, 1.82) is 0 Å². The van der Waals surface area contributed by atoms with Crippen molar-refractivity contribution in [3.63, 3.8) is 0 Å². The fraction of sp³-hybridized carbons (Fsp3) is 0.353. The van der Waals surface area contributed by atoms with Gasteiger partial charge in [0.15, 0.2) is 11.4 Å². The van der Waals surface area contributed by atoms with Crippen LogP contribution in [0.1, 0.15) is 6.42 Å². The molecule has 8 nitrogen and oxygen atoms in total. The van der Waals surface area contributed by atoms with Crippen LogP contribution < -0.4 is 16.0 Å². The smallest absolute Gasteiger partial charge is 0.475 e. The van der Waals surface area contributed by atoms with Gasteiger partial charge in [-0.15, -0.1) is 0 Å². The third-order valence-electron chi connectivity index (χ3n) is 4.86. The number of nitrogen functional groups attached to an aromatic ring is 1. The average Bonchev–Trinajstić information content (AvgIpc) is 3.34. The highest BCUT2D eigenvalue weighted by Gasteiger charge is 2.40. The number of hydrogen-bond donors (Lipinski definition) is 3. The van der Waals surface area contributed by atoms with E-state index in [2.05, 4.69) is 20.2 Å². The summed E-state index contributed by atoms with van der Waals surface area (Å²) in [5.41, 5.74) is 8.02. The highest BCUT2D eigenvalue weighted by Crippen LogP contribution is 2.39. The van der Waals surface area contributed by atoms with E-state index in [1.165, 1.54) is 0 Å². The lowest BCUT2D eigenvalue weighted by Gasteiger charge is -2.28. The van der Waals surface area contributed by atoms with Crippen LogP contribution in [0, 0.1) is 0 Å². The summed E-state index contributed by atoms with van der Waals surface area (Å²) in [5.74, 6) is -1.72. The predicted octanol–water partition coefficient (Wildman–Crippen LogP) is 2.80. The van der Waals surface area contributed by atoms with Gasteiger partial charge in [0.25, 0.3) is 0 Å². The Kier molecular flexibility index (Phi) is 4.66. The molecule has 154 valence electrons. The molecule has 3 aromatic rings. The summed E-state index contributed by atoms with van der Waals surface area (Å²) in [6.45, 7) is 1.89. The molecule has 2 aliphatic heterocycles. The quantitative estimate of drug-likeness (QED) is 0.540. The molecule has 0 spiro atoms. The van der Waals surface area contributed by atoms with Gasteiger partial charge in [-0.1, -0.05) is 17.7 Å². The highest BCUT2D eigenvalue weighted by atomic mass is 35.5. The van der Waals surface area contributed by atoms with Crippen molar-refractivity contribution >= 4 is 51.4 Å². The van der Waals surface area contributed by atoms with E-state index in [9.17, 15) is 13.2 Å². The fourth-order valence-corrected chi connectivity index (χ4v) is 3.92. The van der Waals surface area contributed by atoms with E-state index < -0.39 is 12.1 Å². The van der Waals surface area contributed by atoms with Crippen LogP contribution in [0.2, 0.25) is 5.02 Å². The van der Waals surface area contributed by atoms with E-state index in [1.54, 1.807) is 0 Å². The van der Waals surface area contributed by atoms with Crippen molar-refractivity contribution in [2.45, 2.75) is 24.7 Å². The van der Waals surface area contributed by atoms with Crippen molar-refractivity contribution in [1.82, 2.24) is 15.3 Å². The maximum atomic E-state index is 10.6. The number of piperazine rings is 1. The number of carboxylic acids is 1. The third-order valence-corrected chi connectivity index (χ3v) is 5.18. The van der Waals surface area contributed by atoms with Gasteiger partial charge in [-0.05, 0) is 18.6 Å². The molecular weight excluding hydrogens is 415 g/mol. The fourth-order valence-electron chi connectivity index (χ4n) is 3.66. The molecule has 4 heterocycles. The molecule has 5 rings (SSSR count). The minimum absolute atomic E-state index is 0.251. The summed E-state index contributed by atoms with van der Waals surface area (Å²) in [4.78, 5) is 20.0. The second-order valence-electron chi connectivity index (χ2n) is 6.75. The standard InChI is InChI=1S/C15H14ClN5O.C2HF3O2/c16-9-2-1-3-10-11(9)12-13(22-10)14(20-15(17)19-12)21-6-7-4-8(21)5-18-7;3-2(4,5)1(6)7/h1-3,7-8,18H,4-6H2,(H2,17,19,20);(H,6,7). The molecule has 2 bridgehead atoms. The first-order valence-corrected chi connectivity index (χ1v) is 8.97. The predicted molar refractivity (Wildman–Crippen MR) is 100.0 cm³/mol. The van der Waals surface area contributed by atoms with Crippen molar-refractivity contribution in [3.8, 4) is 0 Å². The van der Waals surface area contributed by atoms with E-state index in [0.29, 0.717) is 33.8 Å². The Morgan fingerprint density at radius 2 is 2.10 bits per heavy atom. The van der Waals surface area contributed by atoms with Gasteiger partial charge in [-0.25, -0.2) is 9.78 Å². The zero-order chi connectivity index (χ0) is 20.9. The number of benzene rings is 1. The number of nitrogens with two attached hydrogens (primary N) is 1. The zero-order valence-corrected chi connectivity index (χ0v) is 15.5. The third kappa shape index (κ3) is 3.51. The van der Waals surface area contributed by atoms with Gasteiger partial charge < -0.3 is 25.5 Å². The first kappa shape index (κ1) is 19.5. The number of nitrogens with zero attached hydrogens (tertiary/aromatic N) is 3. The van der Waals surface area contributed by atoms with Crippen molar-refractivity contribution < 1.29 is 27.5 Å². The topological polar surface area (TPSA) is 118 Å². The van der Waals surface area contributed by atoms with Crippen LogP contribution in [0.25, 0.3) is 22.1 Å². The number of halogens is 4. The summed E-state index contributed by atoms with van der Waals surface area (Å²) in [5, 5.41) is 12.0. The molecule has 2 aromatic heterocycles. The van der Waals surface area contributed by atoms with Crippen LogP contribution in [-0.2, 0) is 4.79 Å². The minimum Gasteiger partial charge on any atom is -0.475 e. The number of aromatic nitrogens is 2. The van der Waals surface area contributed by atoms with Crippen LogP contribution in [0.5, 0.6) is 0 Å². The summed E-state index contributed by atoms with van der Waals surface area (Å²) in [7, 11) is 0. The number of furan rings is 1. The van der Waals surface area contributed by atoms with Crippen molar-refractivity contribution in [2.24, 2.45) is 0 Å². The number of rotatable bonds is 1. The molecule has 0 radical (unpaired) electrons. The van der Waals surface area contributed by atoms with E-state index in [0.717, 1.165) is 30.7 Å². The van der Waals surface area contributed by atoms with Crippen molar-refractivity contribution in [2.75, 3.05) is 23.7 Å². The molecule has 0 amide bonds. The van der Waals surface area contributed by atoms with E-state index in [1.807, 2.05) is 18.2 Å². The second kappa shape index (κ2) is 6.92. The number of alkyl halides is 3. The number of carbonyl (C=O) groups is 1. The van der Waals surface area contributed by atoms with Crippen LogP contribution in [0.15, 0.2) is 22.6 Å². The largest absolute Gasteiger partial charge is 0.490 e. The van der Waals surface area contributed by atoms with Crippen molar-refractivity contribution in [3.05, 3.63) is 23.2 Å². The number of carboxylic acid groups (broad SMARTS) is 1. The summed E-state index contributed by atoms with van der Waals surface area (Å²) in [6, 6.07) is 6.54. The van der Waals surface area contributed by atoms with Gasteiger partial charge in [-0.2, -0.15) is 18.2 Å². The average molecular weight is 430 g/mol.